The van der Waals surface area contributed by atoms with Gasteiger partial charge in [-0.1, -0.05) is 48.0 Å². The number of aromatic nitrogens is 2. The lowest BCUT2D eigenvalue weighted by molar-refractivity contribution is -0.137. The monoisotopic (exact) mass is 451 g/mol. The molecule has 3 rings (SSSR count). The molecule has 162 valence electrons. The smallest absolute Gasteiger partial charge is 0.416 e. The van der Waals surface area contributed by atoms with E-state index in [0.29, 0.717) is 12.2 Å². The van der Waals surface area contributed by atoms with Crippen LogP contribution in [0.15, 0.2) is 54.6 Å². The van der Waals surface area contributed by atoms with Crippen LogP contribution >= 0.6 is 11.6 Å². The first-order valence-electron chi connectivity index (χ1n) is 9.06. The molecule has 2 aromatic carbocycles. The number of nitrogens with one attached hydrogen (secondary N) is 1. The Morgan fingerprint density at radius 2 is 1.84 bits per heavy atom. The van der Waals surface area contributed by atoms with E-state index < -0.39 is 30.2 Å². The van der Waals surface area contributed by atoms with Crippen LogP contribution in [0.1, 0.15) is 27.2 Å². The average Bonchev–Trinajstić information content (AvgIpc) is 2.99. The number of amides is 1. The molecule has 3 aromatic rings. The maximum atomic E-state index is 12.8. The summed E-state index contributed by atoms with van der Waals surface area (Å²) < 4.78 is 44.7. The van der Waals surface area contributed by atoms with Gasteiger partial charge in [0.25, 0.3) is 5.91 Å². The Morgan fingerprint density at radius 1 is 1.13 bits per heavy atom. The zero-order valence-electron chi connectivity index (χ0n) is 16.2. The third kappa shape index (κ3) is 5.64. The van der Waals surface area contributed by atoms with Crippen molar-refractivity contribution < 1.29 is 27.5 Å². The molecule has 6 nitrogen and oxygen atoms in total. The quantitative estimate of drug-likeness (QED) is 0.551. The maximum Gasteiger partial charge on any atom is 0.416 e. The molecule has 0 atom stereocenters. The topological polar surface area (TPSA) is 73.2 Å². The van der Waals surface area contributed by atoms with E-state index in [1.165, 1.54) is 10.7 Å². The average molecular weight is 452 g/mol. The molecule has 0 fully saturated rings. The summed E-state index contributed by atoms with van der Waals surface area (Å²) in [5, 5.41) is 6.55. The molecule has 31 heavy (non-hydrogen) atoms. The Morgan fingerprint density at radius 3 is 2.52 bits per heavy atom. The highest BCUT2D eigenvalue weighted by atomic mass is 35.5. The molecule has 1 N–H and O–H groups in total. The van der Waals surface area contributed by atoms with Gasteiger partial charge < -0.3 is 10.1 Å². The van der Waals surface area contributed by atoms with Crippen LogP contribution in [0.3, 0.4) is 0 Å². The number of ether oxygens (including phenoxy) is 1. The Kier molecular flexibility index (Phi) is 6.65. The number of carbonyl (C=O) groups excluding carboxylic acids is 2. The van der Waals surface area contributed by atoms with Gasteiger partial charge in [0.2, 0.25) is 0 Å². The number of halogens is 4. The molecule has 0 aliphatic heterocycles. The lowest BCUT2D eigenvalue weighted by Gasteiger charge is -2.10. The van der Waals surface area contributed by atoms with E-state index in [0.717, 1.165) is 23.8 Å². The van der Waals surface area contributed by atoms with E-state index in [-0.39, 0.29) is 16.4 Å². The first-order valence-corrected chi connectivity index (χ1v) is 9.44. The number of aryl methyl sites for hydroxylation is 1. The summed E-state index contributed by atoms with van der Waals surface area (Å²) in [6.07, 6.45) is -4.54. The van der Waals surface area contributed by atoms with Crippen LogP contribution in [0.2, 0.25) is 5.15 Å². The number of rotatable bonds is 6. The van der Waals surface area contributed by atoms with Gasteiger partial charge in [-0.2, -0.15) is 18.3 Å². The van der Waals surface area contributed by atoms with Crippen LogP contribution in [0.5, 0.6) is 0 Å². The van der Waals surface area contributed by atoms with Crippen molar-refractivity contribution in [1.29, 1.82) is 0 Å². The third-order valence-electron chi connectivity index (χ3n) is 4.25. The Labute approximate surface area is 180 Å². The summed E-state index contributed by atoms with van der Waals surface area (Å²) >= 11 is 6.27. The second-order valence-corrected chi connectivity index (χ2v) is 6.96. The first-order chi connectivity index (χ1) is 14.6. The van der Waals surface area contributed by atoms with E-state index in [4.69, 9.17) is 16.3 Å². The fourth-order valence-electron chi connectivity index (χ4n) is 2.82. The second kappa shape index (κ2) is 9.22. The molecule has 0 aliphatic carbocycles. The highest BCUT2D eigenvalue weighted by Gasteiger charge is 2.30. The van der Waals surface area contributed by atoms with Gasteiger partial charge in [-0.25, -0.2) is 9.48 Å². The van der Waals surface area contributed by atoms with E-state index in [1.807, 2.05) is 30.3 Å². The Hall–Kier alpha value is -3.33. The molecule has 0 spiro atoms. The number of esters is 1. The predicted molar refractivity (Wildman–Crippen MR) is 108 cm³/mol. The summed E-state index contributed by atoms with van der Waals surface area (Å²) in [7, 11) is 0. The van der Waals surface area contributed by atoms with E-state index in [1.54, 1.807) is 6.92 Å². The molecule has 1 amide bonds. The summed E-state index contributed by atoms with van der Waals surface area (Å²) in [5.41, 5.74) is 0.289. The number of benzene rings is 2. The van der Waals surface area contributed by atoms with Gasteiger partial charge in [0, 0.05) is 5.69 Å². The molecule has 10 heteroatoms. The van der Waals surface area contributed by atoms with E-state index in [9.17, 15) is 22.8 Å². The summed E-state index contributed by atoms with van der Waals surface area (Å²) in [6, 6.07) is 13.5. The van der Waals surface area contributed by atoms with Crippen LogP contribution in [0, 0.1) is 6.92 Å². The molecule has 1 heterocycles. The van der Waals surface area contributed by atoms with Gasteiger partial charge in [-0.3, -0.25) is 4.79 Å². The molecule has 0 unspecified atom stereocenters. The van der Waals surface area contributed by atoms with Crippen molar-refractivity contribution in [3.63, 3.8) is 0 Å². The molecular formula is C21H17ClF3N3O3. The standard InChI is InChI=1S/C21H17ClF3N3O3/c1-13-18(19(22)28(27-13)11-14-6-3-2-4-7-14)20(30)31-12-17(29)26-16-9-5-8-15(10-16)21(23,24)25/h2-10H,11-12H2,1H3,(H,26,29). The maximum absolute atomic E-state index is 12.8. The molecule has 0 bridgehead atoms. The van der Waals surface area contributed by atoms with Crippen LogP contribution in [-0.2, 0) is 22.3 Å². The SMILES string of the molecule is Cc1nn(Cc2ccccc2)c(Cl)c1C(=O)OCC(=O)Nc1cccc(C(F)(F)F)c1. The third-order valence-corrected chi connectivity index (χ3v) is 4.64. The minimum absolute atomic E-state index is 0.0180. The van der Waals surface area contributed by atoms with Gasteiger partial charge >= 0.3 is 12.1 Å². The van der Waals surface area contributed by atoms with Crippen molar-refractivity contribution in [2.75, 3.05) is 11.9 Å². The van der Waals surface area contributed by atoms with E-state index >= 15 is 0 Å². The number of alkyl halides is 3. The van der Waals surface area contributed by atoms with Crippen molar-refractivity contribution in [3.8, 4) is 0 Å². The van der Waals surface area contributed by atoms with E-state index in [2.05, 4.69) is 10.4 Å². The summed E-state index contributed by atoms with van der Waals surface area (Å²) in [6.45, 7) is 1.21. The van der Waals surface area contributed by atoms with Crippen molar-refractivity contribution in [2.45, 2.75) is 19.6 Å². The van der Waals surface area contributed by atoms with Crippen LogP contribution in [-0.4, -0.2) is 28.3 Å². The second-order valence-electron chi connectivity index (χ2n) is 6.60. The zero-order valence-corrected chi connectivity index (χ0v) is 17.0. The van der Waals surface area contributed by atoms with Crippen LogP contribution < -0.4 is 5.32 Å². The van der Waals surface area contributed by atoms with Crippen molar-refractivity contribution in [1.82, 2.24) is 9.78 Å². The normalized spacial score (nSPS) is 11.3. The van der Waals surface area contributed by atoms with Crippen LogP contribution in [0.25, 0.3) is 0 Å². The lowest BCUT2D eigenvalue weighted by atomic mass is 10.2. The molecule has 0 saturated carbocycles. The molecule has 1 aromatic heterocycles. The van der Waals surface area contributed by atoms with Gasteiger partial charge in [0.1, 0.15) is 10.7 Å². The van der Waals surface area contributed by atoms with Crippen molar-refractivity contribution >= 4 is 29.2 Å². The fraction of sp³-hybridized carbons (Fsp3) is 0.190. The number of nitrogens with zero attached hydrogens (tertiary/aromatic N) is 2. The number of hydrogen-bond acceptors (Lipinski definition) is 4. The first kappa shape index (κ1) is 22.4. The Balaban J connectivity index is 1.63. The number of carbonyl (C=O) groups is 2. The largest absolute Gasteiger partial charge is 0.452 e. The van der Waals surface area contributed by atoms with Gasteiger partial charge in [0.05, 0.1) is 17.8 Å². The predicted octanol–water partition coefficient (Wildman–Crippen LogP) is 4.71. The molecule has 0 saturated heterocycles. The fourth-order valence-corrected chi connectivity index (χ4v) is 3.13. The Bertz CT molecular complexity index is 1100. The molecule has 0 radical (unpaired) electrons. The van der Waals surface area contributed by atoms with Gasteiger partial charge in [0.15, 0.2) is 6.61 Å². The minimum atomic E-state index is -4.54. The highest BCUT2D eigenvalue weighted by molar-refractivity contribution is 6.32. The summed E-state index contributed by atoms with van der Waals surface area (Å²) in [4.78, 5) is 24.4. The molecule has 0 aliphatic rings. The molecular weight excluding hydrogens is 435 g/mol. The number of anilines is 1. The van der Waals surface area contributed by atoms with Gasteiger partial charge in [-0.15, -0.1) is 0 Å². The van der Waals surface area contributed by atoms with Crippen molar-refractivity contribution in [2.24, 2.45) is 0 Å². The lowest BCUT2D eigenvalue weighted by Crippen LogP contribution is -2.21. The number of hydrogen-bond donors (Lipinski definition) is 1. The van der Waals surface area contributed by atoms with Crippen LogP contribution in [0.4, 0.5) is 18.9 Å². The highest BCUT2D eigenvalue weighted by Crippen LogP contribution is 2.30. The van der Waals surface area contributed by atoms with Crippen molar-refractivity contribution in [3.05, 3.63) is 82.1 Å². The van der Waals surface area contributed by atoms with Gasteiger partial charge in [-0.05, 0) is 30.7 Å². The minimum Gasteiger partial charge on any atom is -0.452 e. The summed E-state index contributed by atoms with van der Waals surface area (Å²) in [5.74, 6) is -1.65. The zero-order chi connectivity index (χ0) is 22.6.